The largest absolute Gasteiger partial charge is 0.480 e. The Bertz CT molecular complexity index is 715. The lowest BCUT2D eigenvalue weighted by Gasteiger charge is -2.07. The normalized spacial score (nSPS) is 12.3. The van der Waals surface area contributed by atoms with Gasteiger partial charge in [0.2, 0.25) is 0 Å². The quantitative estimate of drug-likeness (QED) is 0.693. The van der Waals surface area contributed by atoms with E-state index in [0.29, 0.717) is 5.69 Å². The summed E-state index contributed by atoms with van der Waals surface area (Å²) in [5.74, 6) is -1.75. The van der Waals surface area contributed by atoms with Crippen molar-refractivity contribution in [3.8, 4) is 0 Å². The number of carbonyl (C=O) groups excluding carboxylic acids is 1. The molecule has 2 heterocycles. The Morgan fingerprint density at radius 2 is 2.21 bits per heavy atom. The van der Waals surface area contributed by atoms with Gasteiger partial charge in [-0.05, 0) is 13.8 Å². The van der Waals surface area contributed by atoms with Gasteiger partial charge in [-0.25, -0.2) is 9.50 Å². The Balaban J connectivity index is 2.43. The highest BCUT2D eigenvalue weighted by Crippen LogP contribution is 2.06. The van der Waals surface area contributed by atoms with Crippen molar-refractivity contribution in [2.75, 3.05) is 0 Å². The lowest BCUT2D eigenvalue weighted by Crippen LogP contribution is -2.38. The Labute approximate surface area is 107 Å². The van der Waals surface area contributed by atoms with E-state index in [2.05, 4.69) is 15.4 Å². The topological polar surface area (TPSA) is 117 Å². The van der Waals surface area contributed by atoms with Crippen LogP contribution in [0.15, 0.2) is 17.1 Å². The monoisotopic (exact) mass is 264 g/mol. The molecule has 0 saturated carbocycles. The number of nitrogens with one attached hydrogen (secondary N) is 2. The molecule has 0 saturated heterocycles. The van der Waals surface area contributed by atoms with Gasteiger partial charge in [-0.15, -0.1) is 0 Å². The molecule has 1 atom stereocenters. The molecular formula is C11H12N4O4. The van der Waals surface area contributed by atoms with Crippen LogP contribution in [0.5, 0.6) is 0 Å². The number of hydrogen-bond donors (Lipinski definition) is 3. The molecule has 0 fully saturated rings. The molecule has 100 valence electrons. The number of carboxylic acid groups (broad SMARTS) is 1. The molecule has 0 spiro atoms. The molecule has 0 aliphatic heterocycles. The van der Waals surface area contributed by atoms with Crippen molar-refractivity contribution in [3.05, 3.63) is 33.9 Å². The number of aromatic amines is 1. The van der Waals surface area contributed by atoms with E-state index in [1.165, 1.54) is 19.2 Å². The summed E-state index contributed by atoms with van der Waals surface area (Å²) >= 11 is 0. The second-order valence-corrected chi connectivity index (χ2v) is 4.12. The number of nitrogens with zero attached hydrogens (tertiary/aromatic N) is 2. The first kappa shape index (κ1) is 12.8. The average Bonchev–Trinajstić information content (AvgIpc) is 2.72. The van der Waals surface area contributed by atoms with E-state index in [1.54, 1.807) is 6.92 Å². The smallest absolute Gasteiger partial charge is 0.325 e. The van der Waals surface area contributed by atoms with Crippen molar-refractivity contribution < 1.29 is 14.7 Å². The van der Waals surface area contributed by atoms with Gasteiger partial charge >= 0.3 is 5.97 Å². The maximum absolute atomic E-state index is 11.9. The zero-order chi connectivity index (χ0) is 14.2. The van der Waals surface area contributed by atoms with Crippen molar-refractivity contribution in [1.29, 1.82) is 0 Å². The molecule has 0 aliphatic rings. The molecule has 0 bridgehead atoms. The van der Waals surface area contributed by atoms with Gasteiger partial charge in [0.25, 0.3) is 11.5 Å². The van der Waals surface area contributed by atoms with E-state index in [9.17, 15) is 14.4 Å². The second kappa shape index (κ2) is 4.56. The zero-order valence-electron chi connectivity index (χ0n) is 10.3. The van der Waals surface area contributed by atoms with E-state index in [0.717, 1.165) is 4.52 Å². The summed E-state index contributed by atoms with van der Waals surface area (Å²) in [5.41, 5.74) is 0.423. The number of carboxylic acids is 1. The van der Waals surface area contributed by atoms with Crippen molar-refractivity contribution in [2.24, 2.45) is 0 Å². The van der Waals surface area contributed by atoms with Crippen LogP contribution >= 0.6 is 0 Å². The lowest BCUT2D eigenvalue weighted by atomic mass is 10.2. The minimum Gasteiger partial charge on any atom is -0.480 e. The van der Waals surface area contributed by atoms with Gasteiger partial charge in [-0.1, -0.05) is 0 Å². The molecule has 0 radical (unpaired) electrons. The lowest BCUT2D eigenvalue weighted by molar-refractivity contribution is -0.138. The standard InChI is InChI=1S/C11H12N4O4/c1-5-3-8(16)15-9(13-5)7(4-12-15)10(17)14-6(2)11(18)19/h3-4,6,12H,1-2H3,(H,14,17)(H,18,19). The van der Waals surface area contributed by atoms with Gasteiger partial charge in [0.05, 0.1) is 0 Å². The van der Waals surface area contributed by atoms with Gasteiger partial charge in [0.15, 0.2) is 5.65 Å². The summed E-state index contributed by atoms with van der Waals surface area (Å²) in [6, 6.07) is 0.296. The van der Waals surface area contributed by atoms with Crippen LogP contribution in [0, 0.1) is 6.92 Å². The fraction of sp³-hybridized carbons (Fsp3) is 0.273. The Hall–Kier alpha value is -2.64. The van der Waals surface area contributed by atoms with Crippen LogP contribution in [0.3, 0.4) is 0 Å². The third-order valence-corrected chi connectivity index (χ3v) is 2.59. The molecule has 1 unspecified atom stereocenters. The first-order valence-corrected chi connectivity index (χ1v) is 5.51. The van der Waals surface area contributed by atoms with Crippen molar-refractivity contribution in [1.82, 2.24) is 19.9 Å². The molecule has 8 nitrogen and oxygen atoms in total. The Kier molecular flexibility index (Phi) is 3.07. The van der Waals surface area contributed by atoms with E-state index in [1.807, 2.05) is 0 Å². The minimum atomic E-state index is -1.14. The highest BCUT2D eigenvalue weighted by molar-refractivity contribution is 6.01. The van der Waals surface area contributed by atoms with Gasteiger partial charge in [0, 0.05) is 18.0 Å². The highest BCUT2D eigenvalue weighted by atomic mass is 16.4. The van der Waals surface area contributed by atoms with Crippen LogP contribution in [0.4, 0.5) is 0 Å². The van der Waals surface area contributed by atoms with Crippen LogP contribution in [0.1, 0.15) is 23.0 Å². The zero-order valence-corrected chi connectivity index (χ0v) is 10.3. The van der Waals surface area contributed by atoms with E-state index in [4.69, 9.17) is 5.11 Å². The first-order valence-electron chi connectivity index (χ1n) is 5.51. The number of aliphatic carboxylic acids is 1. The number of amides is 1. The SMILES string of the molecule is Cc1cc(=O)n2[nH]cc(C(=O)NC(C)C(=O)O)c2n1. The maximum atomic E-state index is 11.9. The first-order chi connectivity index (χ1) is 8.90. The Morgan fingerprint density at radius 3 is 2.84 bits per heavy atom. The number of rotatable bonds is 3. The molecule has 19 heavy (non-hydrogen) atoms. The number of aryl methyl sites for hydroxylation is 1. The molecule has 3 N–H and O–H groups in total. The van der Waals surface area contributed by atoms with Gasteiger partial charge in [-0.3, -0.25) is 19.5 Å². The molecule has 0 aromatic carbocycles. The summed E-state index contributed by atoms with van der Waals surface area (Å²) in [4.78, 5) is 38.3. The number of hydrogen-bond acceptors (Lipinski definition) is 4. The van der Waals surface area contributed by atoms with Crippen LogP contribution in [0.25, 0.3) is 5.65 Å². The molecule has 8 heteroatoms. The van der Waals surface area contributed by atoms with Crippen LogP contribution in [0.2, 0.25) is 0 Å². The molecule has 0 aliphatic carbocycles. The second-order valence-electron chi connectivity index (χ2n) is 4.12. The summed E-state index contributed by atoms with van der Waals surface area (Å²) in [6.07, 6.45) is 1.31. The van der Waals surface area contributed by atoms with Crippen molar-refractivity contribution in [3.63, 3.8) is 0 Å². The molecule has 2 rings (SSSR count). The third kappa shape index (κ3) is 2.32. The Morgan fingerprint density at radius 1 is 1.53 bits per heavy atom. The maximum Gasteiger partial charge on any atom is 0.325 e. The van der Waals surface area contributed by atoms with E-state index >= 15 is 0 Å². The fourth-order valence-electron chi connectivity index (χ4n) is 1.60. The summed E-state index contributed by atoms with van der Waals surface area (Å²) in [5, 5.41) is 13.6. The van der Waals surface area contributed by atoms with Crippen molar-refractivity contribution >= 4 is 17.5 Å². The van der Waals surface area contributed by atoms with Crippen LogP contribution in [-0.2, 0) is 4.79 Å². The number of H-pyrrole nitrogens is 1. The van der Waals surface area contributed by atoms with Gasteiger partial charge in [-0.2, -0.15) is 0 Å². The van der Waals surface area contributed by atoms with Crippen LogP contribution < -0.4 is 10.9 Å². The predicted molar refractivity (Wildman–Crippen MR) is 65.1 cm³/mol. The third-order valence-electron chi connectivity index (χ3n) is 2.59. The molecule has 2 aromatic rings. The fourth-order valence-corrected chi connectivity index (χ4v) is 1.60. The summed E-state index contributed by atoms with van der Waals surface area (Å²) < 4.78 is 1.12. The highest BCUT2D eigenvalue weighted by Gasteiger charge is 2.19. The number of aromatic nitrogens is 3. The minimum absolute atomic E-state index is 0.119. The molecule has 1 amide bonds. The predicted octanol–water partition coefficient (Wildman–Crippen LogP) is -0.466. The van der Waals surface area contributed by atoms with Gasteiger partial charge in [0.1, 0.15) is 11.6 Å². The van der Waals surface area contributed by atoms with Crippen molar-refractivity contribution in [2.45, 2.75) is 19.9 Å². The summed E-state index contributed by atoms with van der Waals surface area (Å²) in [6.45, 7) is 2.98. The van der Waals surface area contributed by atoms with Crippen LogP contribution in [-0.4, -0.2) is 37.6 Å². The average molecular weight is 264 g/mol. The number of fused-ring (bicyclic) bond motifs is 1. The molecule has 2 aromatic heterocycles. The molecular weight excluding hydrogens is 252 g/mol. The summed E-state index contributed by atoms with van der Waals surface area (Å²) in [7, 11) is 0. The van der Waals surface area contributed by atoms with E-state index in [-0.39, 0.29) is 16.8 Å². The van der Waals surface area contributed by atoms with E-state index < -0.39 is 17.9 Å². The number of carbonyl (C=O) groups is 2. The van der Waals surface area contributed by atoms with Gasteiger partial charge < -0.3 is 10.4 Å².